The van der Waals surface area contributed by atoms with E-state index in [1.165, 1.54) is 5.56 Å². The SMILES string of the molecule is CC(C)NCc1cccc(OCCCC#N)c1. The summed E-state index contributed by atoms with van der Waals surface area (Å²) >= 11 is 0. The van der Waals surface area contributed by atoms with Crippen LogP contribution in [-0.2, 0) is 6.54 Å². The van der Waals surface area contributed by atoms with Crippen molar-refractivity contribution in [2.24, 2.45) is 0 Å². The van der Waals surface area contributed by atoms with Crippen LogP contribution < -0.4 is 10.1 Å². The Balaban J connectivity index is 2.40. The van der Waals surface area contributed by atoms with Crippen LogP contribution in [0.25, 0.3) is 0 Å². The highest BCUT2D eigenvalue weighted by Gasteiger charge is 1.98. The molecule has 1 aromatic carbocycles. The predicted molar refractivity (Wildman–Crippen MR) is 68.8 cm³/mol. The fourth-order valence-electron chi connectivity index (χ4n) is 1.41. The number of hydrogen-bond donors (Lipinski definition) is 1. The van der Waals surface area contributed by atoms with E-state index in [-0.39, 0.29) is 0 Å². The van der Waals surface area contributed by atoms with E-state index in [4.69, 9.17) is 10.00 Å². The summed E-state index contributed by atoms with van der Waals surface area (Å²) in [4.78, 5) is 0. The van der Waals surface area contributed by atoms with Gasteiger partial charge in [-0.2, -0.15) is 5.26 Å². The molecule has 1 rings (SSSR count). The second-order valence-electron chi connectivity index (χ2n) is 4.29. The van der Waals surface area contributed by atoms with Crippen molar-refractivity contribution in [3.63, 3.8) is 0 Å². The number of nitrogens with zero attached hydrogens (tertiary/aromatic N) is 1. The first-order chi connectivity index (χ1) is 8.22. The zero-order chi connectivity index (χ0) is 12.5. The molecule has 1 N–H and O–H groups in total. The summed E-state index contributed by atoms with van der Waals surface area (Å²) in [6.07, 6.45) is 1.33. The highest BCUT2D eigenvalue weighted by atomic mass is 16.5. The van der Waals surface area contributed by atoms with E-state index in [0.717, 1.165) is 18.7 Å². The Morgan fingerprint density at radius 3 is 2.94 bits per heavy atom. The zero-order valence-corrected chi connectivity index (χ0v) is 10.6. The number of nitrogens with one attached hydrogen (secondary N) is 1. The fraction of sp³-hybridized carbons (Fsp3) is 0.500. The smallest absolute Gasteiger partial charge is 0.119 e. The van der Waals surface area contributed by atoms with E-state index in [2.05, 4.69) is 31.3 Å². The highest BCUT2D eigenvalue weighted by Crippen LogP contribution is 2.13. The van der Waals surface area contributed by atoms with E-state index in [9.17, 15) is 0 Å². The molecule has 0 spiro atoms. The number of benzene rings is 1. The number of rotatable bonds is 7. The van der Waals surface area contributed by atoms with Crippen molar-refractivity contribution in [1.29, 1.82) is 5.26 Å². The lowest BCUT2D eigenvalue weighted by atomic mass is 10.2. The number of hydrogen-bond acceptors (Lipinski definition) is 3. The van der Waals surface area contributed by atoms with Gasteiger partial charge in [-0.3, -0.25) is 0 Å². The first kappa shape index (κ1) is 13.5. The molecule has 0 radical (unpaired) electrons. The monoisotopic (exact) mass is 232 g/mol. The lowest BCUT2D eigenvalue weighted by molar-refractivity contribution is 0.312. The van der Waals surface area contributed by atoms with Gasteiger partial charge in [0.25, 0.3) is 0 Å². The van der Waals surface area contributed by atoms with Gasteiger partial charge in [-0.25, -0.2) is 0 Å². The Labute approximate surface area is 103 Å². The van der Waals surface area contributed by atoms with Gasteiger partial charge >= 0.3 is 0 Å². The third-order valence-electron chi connectivity index (χ3n) is 2.31. The van der Waals surface area contributed by atoms with Crippen molar-refractivity contribution >= 4 is 0 Å². The van der Waals surface area contributed by atoms with Gasteiger partial charge in [-0.1, -0.05) is 26.0 Å². The molecule has 3 heteroatoms. The van der Waals surface area contributed by atoms with E-state index < -0.39 is 0 Å². The standard InChI is InChI=1S/C14H20N2O/c1-12(2)16-11-13-6-5-7-14(10-13)17-9-4-3-8-15/h5-7,10,12,16H,3-4,9,11H2,1-2H3. The summed E-state index contributed by atoms with van der Waals surface area (Å²) in [7, 11) is 0. The molecule has 17 heavy (non-hydrogen) atoms. The minimum Gasteiger partial charge on any atom is -0.494 e. The maximum Gasteiger partial charge on any atom is 0.119 e. The Morgan fingerprint density at radius 2 is 2.24 bits per heavy atom. The molecule has 0 amide bonds. The third kappa shape index (κ3) is 5.94. The summed E-state index contributed by atoms with van der Waals surface area (Å²) in [5.74, 6) is 0.881. The third-order valence-corrected chi connectivity index (χ3v) is 2.31. The van der Waals surface area contributed by atoms with Crippen molar-refractivity contribution in [2.75, 3.05) is 6.61 Å². The molecule has 0 atom stereocenters. The molecule has 0 aromatic heterocycles. The van der Waals surface area contributed by atoms with Crippen LogP contribution in [0.15, 0.2) is 24.3 Å². The van der Waals surface area contributed by atoms with Crippen LogP contribution in [0.2, 0.25) is 0 Å². The molecule has 0 saturated carbocycles. The molecule has 0 aliphatic carbocycles. The Kier molecular flexibility index (Phi) is 6.13. The second-order valence-corrected chi connectivity index (χ2v) is 4.29. The van der Waals surface area contributed by atoms with E-state index >= 15 is 0 Å². The average molecular weight is 232 g/mol. The lowest BCUT2D eigenvalue weighted by Gasteiger charge is -2.10. The van der Waals surface area contributed by atoms with Gasteiger partial charge in [0.2, 0.25) is 0 Å². The van der Waals surface area contributed by atoms with Crippen LogP contribution in [0, 0.1) is 11.3 Å². The molecule has 0 fully saturated rings. The minimum absolute atomic E-state index is 0.482. The topological polar surface area (TPSA) is 45.0 Å². The van der Waals surface area contributed by atoms with E-state index in [0.29, 0.717) is 19.1 Å². The molecule has 0 heterocycles. The van der Waals surface area contributed by atoms with Crippen LogP contribution in [0.5, 0.6) is 5.75 Å². The van der Waals surface area contributed by atoms with Gasteiger partial charge in [0, 0.05) is 19.0 Å². The maximum absolute atomic E-state index is 8.42. The van der Waals surface area contributed by atoms with Crippen LogP contribution in [0.1, 0.15) is 32.3 Å². The van der Waals surface area contributed by atoms with Gasteiger partial charge in [-0.15, -0.1) is 0 Å². The largest absolute Gasteiger partial charge is 0.494 e. The quantitative estimate of drug-likeness (QED) is 0.735. The number of nitriles is 1. The fourth-order valence-corrected chi connectivity index (χ4v) is 1.41. The first-order valence-corrected chi connectivity index (χ1v) is 6.04. The van der Waals surface area contributed by atoms with Crippen molar-refractivity contribution in [1.82, 2.24) is 5.32 Å². The number of unbranched alkanes of at least 4 members (excludes halogenated alkanes) is 1. The first-order valence-electron chi connectivity index (χ1n) is 6.04. The summed E-state index contributed by atoms with van der Waals surface area (Å²) in [5.41, 5.74) is 1.22. The van der Waals surface area contributed by atoms with E-state index in [1.54, 1.807) is 0 Å². The van der Waals surface area contributed by atoms with Crippen LogP contribution >= 0.6 is 0 Å². The predicted octanol–water partition coefficient (Wildman–Crippen LogP) is 2.87. The molecular weight excluding hydrogens is 212 g/mol. The molecule has 0 bridgehead atoms. The van der Waals surface area contributed by atoms with Crippen molar-refractivity contribution in [3.05, 3.63) is 29.8 Å². The van der Waals surface area contributed by atoms with Crippen LogP contribution in [0.4, 0.5) is 0 Å². The van der Waals surface area contributed by atoms with Gasteiger partial charge in [0.05, 0.1) is 12.7 Å². The Morgan fingerprint density at radius 1 is 1.41 bits per heavy atom. The van der Waals surface area contributed by atoms with Crippen LogP contribution in [0.3, 0.4) is 0 Å². The normalized spacial score (nSPS) is 10.2. The zero-order valence-electron chi connectivity index (χ0n) is 10.6. The average Bonchev–Trinajstić information content (AvgIpc) is 2.33. The van der Waals surface area contributed by atoms with Gasteiger partial charge < -0.3 is 10.1 Å². The summed E-state index contributed by atoms with van der Waals surface area (Å²) in [5, 5.41) is 11.8. The van der Waals surface area contributed by atoms with Crippen molar-refractivity contribution < 1.29 is 4.74 Å². The molecule has 0 aliphatic heterocycles. The highest BCUT2D eigenvalue weighted by molar-refractivity contribution is 5.28. The Bertz CT molecular complexity index is 369. The molecule has 3 nitrogen and oxygen atoms in total. The lowest BCUT2D eigenvalue weighted by Crippen LogP contribution is -2.21. The molecular formula is C14H20N2O. The summed E-state index contributed by atoms with van der Waals surface area (Å²) < 4.78 is 5.58. The van der Waals surface area contributed by atoms with Crippen LogP contribution in [-0.4, -0.2) is 12.6 Å². The van der Waals surface area contributed by atoms with Crippen molar-refractivity contribution in [2.45, 2.75) is 39.3 Å². The van der Waals surface area contributed by atoms with E-state index in [1.807, 2.05) is 18.2 Å². The maximum atomic E-state index is 8.42. The minimum atomic E-state index is 0.482. The van der Waals surface area contributed by atoms with Gasteiger partial charge in [0.15, 0.2) is 0 Å². The molecule has 1 aromatic rings. The Hall–Kier alpha value is -1.53. The number of ether oxygens (including phenoxy) is 1. The molecule has 0 saturated heterocycles. The molecule has 92 valence electrons. The van der Waals surface area contributed by atoms with Gasteiger partial charge in [-0.05, 0) is 24.1 Å². The molecule has 0 aliphatic rings. The second kappa shape index (κ2) is 7.70. The van der Waals surface area contributed by atoms with Gasteiger partial charge in [0.1, 0.15) is 5.75 Å². The van der Waals surface area contributed by atoms with Crippen molar-refractivity contribution in [3.8, 4) is 11.8 Å². The summed E-state index contributed by atoms with van der Waals surface area (Å²) in [6.45, 7) is 5.71. The molecule has 0 unspecified atom stereocenters. The summed E-state index contributed by atoms with van der Waals surface area (Å²) in [6, 6.07) is 10.7.